The number of aliphatic carboxylic acids is 1. The highest BCUT2D eigenvalue weighted by molar-refractivity contribution is 7.13. The highest BCUT2D eigenvalue weighted by atomic mass is 32.1. The average molecular weight is 356 g/mol. The zero-order chi connectivity index (χ0) is 17.8. The van der Waals surface area contributed by atoms with Gasteiger partial charge in [-0.2, -0.15) is 0 Å². The van der Waals surface area contributed by atoms with Gasteiger partial charge in [0.1, 0.15) is 0 Å². The van der Waals surface area contributed by atoms with Crippen LogP contribution in [0, 0.1) is 6.57 Å². The van der Waals surface area contributed by atoms with E-state index in [-0.39, 0.29) is 18.6 Å². The molecule has 3 rings (SSSR count). The molecule has 1 amide bonds. The van der Waals surface area contributed by atoms with Gasteiger partial charge in [-0.3, -0.25) is 4.79 Å². The summed E-state index contributed by atoms with van der Waals surface area (Å²) in [5.74, 6) is -0.988. The van der Waals surface area contributed by atoms with E-state index in [9.17, 15) is 9.59 Å². The molecule has 1 fully saturated rings. The van der Waals surface area contributed by atoms with E-state index in [0.29, 0.717) is 29.3 Å². The Bertz CT molecular complexity index is 840. The maximum Gasteiger partial charge on any atom is 0.341 e. The van der Waals surface area contributed by atoms with Crippen molar-refractivity contribution in [2.45, 2.75) is 25.3 Å². The minimum Gasteiger partial charge on any atom is -0.479 e. The van der Waals surface area contributed by atoms with Gasteiger partial charge < -0.3 is 14.7 Å². The van der Waals surface area contributed by atoms with Crippen molar-refractivity contribution in [3.63, 3.8) is 0 Å². The largest absolute Gasteiger partial charge is 0.479 e. The van der Waals surface area contributed by atoms with Crippen molar-refractivity contribution in [2.75, 3.05) is 11.5 Å². The van der Waals surface area contributed by atoms with Gasteiger partial charge in [0.2, 0.25) is 11.6 Å². The molecular formula is C18H16N2O4S. The lowest BCUT2D eigenvalue weighted by Crippen LogP contribution is -2.34. The normalized spacial score (nSPS) is 16.7. The smallest absolute Gasteiger partial charge is 0.341 e. The Labute approximate surface area is 149 Å². The van der Waals surface area contributed by atoms with Gasteiger partial charge in [0.15, 0.2) is 11.7 Å². The second-order valence-electron chi connectivity index (χ2n) is 5.66. The van der Waals surface area contributed by atoms with Crippen LogP contribution in [0.25, 0.3) is 4.85 Å². The fourth-order valence-corrected chi connectivity index (χ4v) is 3.86. The van der Waals surface area contributed by atoms with Crippen LogP contribution in [0.1, 0.15) is 17.7 Å². The molecule has 0 unspecified atom stereocenters. The predicted molar refractivity (Wildman–Crippen MR) is 94.4 cm³/mol. The molecule has 1 atom stereocenters. The molecule has 1 aliphatic heterocycles. The maximum atomic E-state index is 12.4. The van der Waals surface area contributed by atoms with Gasteiger partial charge in [-0.15, -0.1) is 11.3 Å². The molecule has 1 aromatic carbocycles. The van der Waals surface area contributed by atoms with Gasteiger partial charge in [0.05, 0.1) is 6.57 Å². The number of carboxylic acid groups (broad SMARTS) is 1. The number of thiophene rings is 1. The quantitative estimate of drug-likeness (QED) is 0.804. The van der Waals surface area contributed by atoms with Crippen LogP contribution in [0.5, 0.6) is 5.06 Å². The average Bonchev–Trinajstić information content (AvgIpc) is 3.20. The van der Waals surface area contributed by atoms with E-state index in [2.05, 4.69) is 4.85 Å². The van der Waals surface area contributed by atoms with Gasteiger partial charge in [-0.25, -0.2) is 9.64 Å². The number of rotatable bonds is 6. The van der Waals surface area contributed by atoms with E-state index in [0.717, 1.165) is 11.3 Å². The molecule has 1 aromatic heterocycles. The number of amides is 1. The van der Waals surface area contributed by atoms with Crippen molar-refractivity contribution >= 4 is 34.6 Å². The summed E-state index contributed by atoms with van der Waals surface area (Å²) in [7, 11) is 0. The van der Waals surface area contributed by atoms with Crippen molar-refractivity contribution in [3.05, 3.63) is 52.7 Å². The summed E-state index contributed by atoms with van der Waals surface area (Å²) in [5, 5.41) is 9.21. The summed E-state index contributed by atoms with van der Waals surface area (Å²) in [6.45, 7) is 6.94. The number of nitrogens with zero attached hydrogens (tertiary/aromatic N) is 2. The lowest BCUT2D eigenvalue weighted by atomic mass is 10.1. The number of hydrogen-bond donors (Lipinski definition) is 1. The van der Waals surface area contributed by atoms with Crippen molar-refractivity contribution in [1.82, 2.24) is 0 Å². The fraction of sp³-hybridized carbons (Fsp3) is 0.278. The lowest BCUT2D eigenvalue weighted by Gasteiger charge is -2.25. The molecule has 7 heteroatoms. The highest BCUT2D eigenvalue weighted by Gasteiger charge is 2.33. The molecule has 0 spiro atoms. The SMILES string of the molecule is [C-]#[N+]c1ccccc1N1C(=O)CC[C@@H]1Cc1ccc(OCC(=O)O)s1. The number of carboxylic acids is 1. The van der Waals surface area contributed by atoms with Gasteiger partial charge in [0.25, 0.3) is 0 Å². The number of hydrogen-bond acceptors (Lipinski definition) is 4. The summed E-state index contributed by atoms with van der Waals surface area (Å²) in [6.07, 6.45) is 1.85. The van der Waals surface area contributed by atoms with Crippen molar-refractivity contribution in [3.8, 4) is 5.06 Å². The lowest BCUT2D eigenvalue weighted by molar-refractivity contribution is -0.139. The van der Waals surface area contributed by atoms with Crippen LogP contribution in [0.15, 0.2) is 36.4 Å². The first-order valence-corrected chi connectivity index (χ1v) is 8.62. The van der Waals surface area contributed by atoms with Crippen LogP contribution in [0.4, 0.5) is 11.4 Å². The molecule has 1 saturated heterocycles. The van der Waals surface area contributed by atoms with Gasteiger partial charge in [-0.1, -0.05) is 18.2 Å². The van der Waals surface area contributed by atoms with E-state index in [1.807, 2.05) is 12.1 Å². The molecule has 0 radical (unpaired) electrons. The maximum absolute atomic E-state index is 12.4. The molecule has 0 saturated carbocycles. The molecular weight excluding hydrogens is 340 g/mol. The standard InChI is InChI=1S/C18H16N2O4S/c1-19-14-4-2-3-5-15(14)20-12(6-8-16(20)21)10-13-7-9-18(25-13)24-11-17(22)23/h2-5,7,9,12H,6,8,10-11H2,(H,22,23)/t12-/m1/s1. The minimum absolute atomic E-state index is 0.0126. The predicted octanol–water partition coefficient (Wildman–Crippen LogP) is 3.50. The molecule has 6 nitrogen and oxygen atoms in total. The van der Waals surface area contributed by atoms with Gasteiger partial charge >= 0.3 is 5.97 Å². The monoisotopic (exact) mass is 356 g/mol. The molecule has 0 bridgehead atoms. The summed E-state index contributed by atoms with van der Waals surface area (Å²) < 4.78 is 5.18. The number of carbonyl (C=O) groups excluding carboxylic acids is 1. The third kappa shape index (κ3) is 3.80. The van der Waals surface area contributed by atoms with E-state index >= 15 is 0 Å². The third-order valence-corrected chi connectivity index (χ3v) is 5.02. The summed E-state index contributed by atoms with van der Waals surface area (Å²) in [4.78, 5) is 29.2. The summed E-state index contributed by atoms with van der Waals surface area (Å²) >= 11 is 1.39. The number of ether oxygens (including phenoxy) is 1. The summed E-state index contributed by atoms with van der Waals surface area (Å²) in [5.41, 5.74) is 1.13. The Morgan fingerprint density at radius 2 is 2.16 bits per heavy atom. The molecule has 1 aliphatic rings. The van der Waals surface area contributed by atoms with E-state index < -0.39 is 5.97 Å². The molecule has 0 aliphatic carbocycles. The first-order chi connectivity index (χ1) is 12.1. The molecule has 2 heterocycles. The first kappa shape index (κ1) is 17.0. The number of benzene rings is 1. The van der Waals surface area contributed by atoms with Gasteiger partial charge in [0, 0.05) is 29.4 Å². The second kappa shape index (κ2) is 7.36. The molecule has 1 N–H and O–H groups in total. The Morgan fingerprint density at radius 1 is 1.36 bits per heavy atom. The van der Waals surface area contributed by atoms with Crippen LogP contribution in [0.2, 0.25) is 0 Å². The van der Waals surface area contributed by atoms with Crippen LogP contribution in [0.3, 0.4) is 0 Å². The van der Waals surface area contributed by atoms with Crippen LogP contribution >= 0.6 is 11.3 Å². The second-order valence-corrected chi connectivity index (χ2v) is 6.79. The zero-order valence-electron chi connectivity index (χ0n) is 13.3. The third-order valence-electron chi connectivity index (χ3n) is 4.00. The summed E-state index contributed by atoms with van der Waals surface area (Å²) in [6, 6.07) is 10.8. The van der Waals surface area contributed by atoms with Gasteiger partial charge in [-0.05, 0) is 24.6 Å². The van der Waals surface area contributed by atoms with Crippen LogP contribution in [-0.4, -0.2) is 29.6 Å². The minimum atomic E-state index is -1.02. The molecule has 25 heavy (non-hydrogen) atoms. The Balaban J connectivity index is 1.77. The van der Waals surface area contributed by atoms with Crippen LogP contribution in [-0.2, 0) is 16.0 Å². The molecule has 128 valence electrons. The Hall–Kier alpha value is -2.85. The van der Waals surface area contributed by atoms with E-state index in [1.165, 1.54) is 11.3 Å². The van der Waals surface area contributed by atoms with Crippen molar-refractivity contribution < 1.29 is 19.4 Å². The fourth-order valence-electron chi connectivity index (χ4n) is 2.94. The van der Waals surface area contributed by atoms with Crippen LogP contribution < -0.4 is 9.64 Å². The topological polar surface area (TPSA) is 71.2 Å². The number of para-hydroxylation sites is 2. The van der Waals surface area contributed by atoms with E-state index in [1.54, 1.807) is 29.2 Å². The van der Waals surface area contributed by atoms with E-state index in [4.69, 9.17) is 16.4 Å². The van der Waals surface area contributed by atoms with Crippen molar-refractivity contribution in [2.24, 2.45) is 0 Å². The zero-order valence-corrected chi connectivity index (χ0v) is 14.2. The first-order valence-electron chi connectivity index (χ1n) is 7.80. The highest BCUT2D eigenvalue weighted by Crippen LogP contribution is 2.36. The Kier molecular flexibility index (Phi) is 5.00. The number of anilines is 1. The Morgan fingerprint density at radius 3 is 2.92 bits per heavy atom. The van der Waals surface area contributed by atoms with Crippen molar-refractivity contribution in [1.29, 1.82) is 0 Å². The molecule has 2 aromatic rings. The number of carbonyl (C=O) groups is 2.